The summed E-state index contributed by atoms with van der Waals surface area (Å²) in [6, 6.07) is 3.88. The van der Waals surface area contributed by atoms with Crippen molar-refractivity contribution >= 4 is 23.4 Å². The molecule has 1 aromatic rings. The number of fused-ring (bicyclic) bond motifs is 4. The van der Waals surface area contributed by atoms with E-state index in [0.29, 0.717) is 23.3 Å². The van der Waals surface area contributed by atoms with Crippen LogP contribution in [-0.2, 0) is 11.3 Å². The fourth-order valence-corrected chi connectivity index (χ4v) is 5.68. The number of thioether (sulfide) groups is 1. The Hall–Kier alpha value is -1.27. The predicted octanol–water partition coefficient (Wildman–Crippen LogP) is 3.15. The van der Waals surface area contributed by atoms with E-state index < -0.39 is 0 Å². The normalized spacial score (nSPS) is 25.8. The number of aromatic nitrogens is 1. The number of carbonyl (C=O) groups excluding carboxylic acids is 1. The highest BCUT2D eigenvalue weighted by molar-refractivity contribution is 7.99. The molecule has 1 amide bonds. The number of likely N-dealkylation sites (tertiary alicyclic amines) is 1. The standard InChI is InChI=1S/C21H31N3O2S/c1-27-14-20(25)22-18-7-8-19-17-9-16(12-24(19)21(18)26)11-23(13-17)10-15-5-3-2-4-6-15/h7-8,15-17H,2-6,9-14H2,1H3,(H,22,25). The lowest BCUT2D eigenvalue weighted by Gasteiger charge is -2.44. The molecule has 1 saturated heterocycles. The van der Waals surface area contributed by atoms with Crippen molar-refractivity contribution in [3.63, 3.8) is 0 Å². The largest absolute Gasteiger partial charge is 0.321 e. The van der Waals surface area contributed by atoms with E-state index in [1.165, 1.54) is 56.8 Å². The molecule has 2 aliphatic heterocycles. The smallest absolute Gasteiger partial charge is 0.274 e. The molecule has 0 aromatic carbocycles. The summed E-state index contributed by atoms with van der Waals surface area (Å²) in [6.45, 7) is 4.21. The Morgan fingerprint density at radius 3 is 2.78 bits per heavy atom. The Labute approximate surface area is 165 Å². The van der Waals surface area contributed by atoms with Crippen molar-refractivity contribution in [3.05, 3.63) is 28.2 Å². The molecule has 1 aromatic heterocycles. The summed E-state index contributed by atoms with van der Waals surface area (Å²) in [7, 11) is 0. The molecule has 2 bridgehead atoms. The van der Waals surface area contributed by atoms with E-state index in [9.17, 15) is 9.59 Å². The third-order valence-corrected chi connectivity index (χ3v) is 7.02. The van der Waals surface area contributed by atoms with Crippen LogP contribution in [-0.4, -0.2) is 47.0 Å². The van der Waals surface area contributed by atoms with E-state index in [4.69, 9.17) is 0 Å². The number of rotatable bonds is 5. The third-order valence-electron chi connectivity index (χ3n) is 6.47. The second-order valence-corrected chi connectivity index (χ2v) is 9.46. The van der Waals surface area contributed by atoms with Crippen molar-refractivity contribution in [2.75, 3.05) is 37.0 Å². The molecular weight excluding hydrogens is 358 g/mol. The molecule has 2 atom stereocenters. The van der Waals surface area contributed by atoms with E-state index >= 15 is 0 Å². The van der Waals surface area contributed by atoms with Gasteiger partial charge in [0, 0.05) is 37.8 Å². The van der Waals surface area contributed by atoms with Gasteiger partial charge in [0.25, 0.3) is 5.56 Å². The first kappa shape index (κ1) is 19.1. The lowest BCUT2D eigenvalue weighted by molar-refractivity contribution is -0.113. The van der Waals surface area contributed by atoms with Crippen molar-refractivity contribution in [1.29, 1.82) is 0 Å². The second kappa shape index (κ2) is 8.39. The predicted molar refractivity (Wildman–Crippen MR) is 112 cm³/mol. The summed E-state index contributed by atoms with van der Waals surface area (Å²) < 4.78 is 1.94. The Kier molecular flexibility index (Phi) is 5.93. The van der Waals surface area contributed by atoms with E-state index in [-0.39, 0.29) is 11.5 Å². The first-order valence-corrected chi connectivity index (χ1v) is 11.8. The highest BCUT2D eigenvalue weighted by atomic mass is 32.2. The molecule has 27 heavy (non-hydrogen) atoms. The quantitative estimate of drug-likeness (QED) is 0.841. The number of hydrogen-bond acceptors (Lipinski definition) is 4. The molecule has 1 N–H and O–H groups in total. The first-order valence-electron chi connectivity index (χ1n) is 10.4. The minimum Gasteiger partial charge on any atom is -0.321 e. The molecule has 5 nitrogen and oxygen atoms in total. The number of nitrogens with one attached hydrogen (secondary N) is 1. The summed E-state index contributed by atoms with van der Waals surface area (Å²) in [6.07, 6.45) is 10.1. The average molecular weight is 390 g/mol. The highest BCUT2D eigenvalue weighted by Gasteiger charge is 2.35. The number of nitrogens with zero attached hydrogens (tertiary/aromatic N) is 2. The van der Waals surface area contributed by atoms with Crippen LogP contribution in [0.4, 0.5) is 5.69 Å². The molecule has 2 unspecified atom stereocenters. The van der Waals surface area contributed by atoms with Crippen molar-refractivity contribution < 1.29 is 4.79 Å². The van der Waals surface area contributed by atoms with Gasteiger partial charge >= 0.3 is 0 Å². The van der Waals surface area contributed by atoms with Crippen LogP contribution in [0.5, 0.6) is 0 Å². The maximum atomic E-state index is 12.9. The Bertz CT molecular complexity index is 741. The zero-order valence-electron chi connectivity index (χ0n) is 16.3. The summed E-state index contributed by atoms with van der Waals surface area (Å²) in [5, 5.41) is 2.79. The number of pyridine rings is 1. The van der Waals surface area contributed by atoms with Crippen LogP contribution in [0.3, 0.4) is 0 Å². The molecule has 4 rings (SSSR count). The van der Waals surface area contributed by atoms with Gasteiger partial charge in [-0.1, -0.05) is 19.3 Å². The van der Waals surface area contributed by atoms with Gasteiger partial charge in [0.15, 0.2) is 0 Å². The van der Waals surface area contributed by atoms with Crippen molar-refractivity contribution in [3.8, 4) is 0 Å². The zero-order valence-corrected chi connectivity index (χ0v) is 17.1. The SMILES string of the molecule is CSCC(=O)Nc1ccc2n(c1=O)CC1CC2CN(CC2CCCCC2)C1. The molecule has 3 heterocycles. The van der Waals surface area contributed by atoms with Crippen LogP contribution in [0.25, 0.3) is 0 Å². The van der Waals surface area contributed by atoms with E-state index in [1.807, 2.05) is 16.9 Å². The maximum Gasteiger partial charge on any atom is 0.274 e. The lowest BCUT2D eigenvalue weighted by atomic mass is 9.81. The van der Waals surface area contributed by atoms with Gasteiger partial charge in [-0.2, -0.15) is 11.8 Å². The van der Waals surface area contributed by atoms with Crippen LogP contribution in [0.1, 0.15) is 50.1 Å². The van der Waals surface area contributed by atoms with Gasteiger partial charge in [0.2, 0.25) is 5.91 Å². The summed E-state index contributed by atoms with van der Waals surface area (Å²) in [4.78, 5) is 27.4. The van der Waals surface area contributed by atoms with Gasteiger partial charge in [-0.15, -0.1) is 0 Å². The van der Waals surface area contributed by atoms with E-state index in [1.54, 1.807) is 0 Å². The van der Waals surface area contributed by atoms with Gasteiger partial charge < -0.3 is 14.8 Å². The van der Waals surface area contributed by atoms with Crippen LogP contribution < -0.4 is 10.9 Å². The Morgan fingerprint density at radius 2 is 2.00 bits per heavy atom. The molecule has 1 saturated carbocycles. The Balaban J connectivity index is 1.48. The molecule has 3 aliphatic rings. The van der Waals surface area contributed by atoms with E-state index in [0.717, 1.165) is 31.2 Å². The molecule has 0 spiro atoms. The summed E-state index contributed by atoms with van der Waals surface area (Å²) in [5.41, 5.74) is 1.56. The molecular formula is C21H31N3O2S. The van der Waals surface area contributed by atoms with Gasteiger partial charge in [-0.25, -0.2) is 0 Å². The fourth-order valence-electron chi connectivity index (χ4n) is 5.34. The number of carbonyl (C=O) groups is 1. The highest BCUT2D eigenvalue weighted by Crippen LogP contribution is 2.36. The molecule has 6 heteroatoms. The lowest BCUT2D eigenvalue weighted by Crippen LogP contribution is -2.48. The number of hydrogen-bond donors (Lipinski definition) is 1. The second-order valence-electron chi connectivity index (χ2n) is 8.59. The van der Waals surface area contributed by atoms with Crippen LogP contribution >= 0.6 is 11.8 Å². The molecule has 148 valence electrons. The maximum absolute atomic E-state index is 12.9. The topological polar surface area (TPSA) is 54.3 Å². The van der Waals surface area contributed by atoms with Gasteiger partial charge in [0.05, 0.1) is 5.75 Å². The van der Waals surface area contributed by atoms with Crippen molar-refractivity contribution in [2.45, 2.75) is 51.0 Å². The first-order chi connectivity index (χ1) is 13.1. The van der Waals surface area contributed by atoms with Crippen molar-refractivity contribution in [1.82, 2.24) is 9.47 Å². The zero-order chi connectivity index (χ0) is 18.8. The number of anilines is 1. The third kappa shape index (κ3) is 4.27. The van der Waals surface area contributed by atoms with E-state index in [2.05, 4.69) is 16.3 Å². The monoisotopic (exact) mass is 389 g/mol. The summed E-state index contributed by atoms with van der Waals surface area (Å²) in [5.74, 6) is 2.14. The Morgan fingerprint density at radius 1 is 1.19 bits per heavy atom. The summed E-state index contributed by atoms with van der Waals surface area (Å²) >= 11 is 1.47. The van der Waals surface area contributed by atoms with Crippen LogP contribution in [0, 0.1) is 11.8 Å². The van der Waals surface area contributed by atoms with Gasteiger partial charge in [0.1, 0.15) is 5.69 Å². The fraction of sp³-hybridized carbons (Fsp3) is 0.714. The van der Waals surface area contributed by atoms with Crippen LogP contribution in [0.2, 0.25) is 0 Å². The van der Waals surface area contributed by atoms with Gasteiger partial charge in [-0.3, -0.25) is 9.59 Å². The minimum atomic E-state index is -0.102. The number of piperidine rings is 1. The number of amides is 1. The molecule has 1 aliphatic carbocycles. The minimum absolute atomic E-state index is 0.0302. The average Bonchev–Trinajstić information content (AvgIpc) is 2.65. The van der Waals surface area contributed by atoms with Crippen LogP contribution in [0.15, 0.2) is 16.9 Å². The van der Waals surface area contributed by atoms with Gasteiger partial charge in [-0.05, 0) is 49.5 Å². The molecule has 2 fully saturated rings. The molecule has 0 radical (unpaired) electrons. The van der Waals surface area contributed by atoms with Crippen molar-refractivity contribution in [2.24, 2.45) is 11.8 Å².